The summed E-state index contributed by atoms with van der Waals surface area (Å²) < 4.78 is 15.8. The monoisotopic (exact) mass is 395 g/mol. The highest BCUT2D eigenvalue weighted by molar-refractivity contribution is 5.38. The van der Waals surface area contributed by atoms with Gasteiger partial charge in [0.1, 0.15) is 13.2 Å². The first-order valence-electron chi connectivity index (χ1n) is 12.3. The quantitative estimate of drug-likeness (QED) is 0.685. The van der Waals surface area contributed by atoms with Gasteiger partial charge in [0, 0.05) is 24.1 Å². The Morgan fingerprint density at radius 2 is 1.72 bits per heavy atom. The van der Waals surface area contributed by atoms with E-state index in [-0.39, 0.29) is 0 Å². The van der Waals surface area contributed by atoms with Crippen molar-refractivity contribution in [3.63, 3.8) is 0 Å². The molecule has 0 spiro atoms. The summed E-state index contributed by atoms with van der Waals surface area (Å²) in [6, 6.07) is 2.41. The highest BCUT2D eigenvalue weighted by atomic mass is 16.5. The van der Waals surface area contributed by atoms with E-state index in [0.29, 0.717) is 24.2 Å². The van der Waals surface area contributed by atoms with Crippen LogP contribution in [0.1, 0.15) is 56.4 Å². The number of aryl methyl sites for hydroxylation is 1. The molecule has 10 unspecified atom stereocenters. The van der Waals surface area contributed by atoms with Crippen LogP contribution >= 0.6 is 0 Å². The largest absolute Gasteiger partial charge is 0.484 e. The third-order valence-corrected chi connectivity index (χ3v) is 9.78. The summed E-state index contributed by atoms with van der Waals surface area (Å²) in [6.45, 7) is 2.23. The Labute approximate surface area is 174 Å². The van der Waals surface area contributed by atoms with Crippen LogP contribution in [-0.2, 0) is 11.8 Å². The predicted molar refractivity (Wildman–Crippen MR) is 110 cm³/mol. The van der Waals surface area contributed by atoms with Gasteiger partial charge in [0.25, 0.3) is 0 Å². The third-order valence-electron chi connectivity index (χ3n) is 9.78. The summed E-state index contributed by atoms with van der Waals surface area (Å²) in [5.41, 5.74) is 1.53. The Morgan fingerprint density at radius 3 is 2.62 bits per heavy atom. The molecular formula is C25H35N2O2+. The molecule has 0 amide bonds. The van der Waals surface area contributed by atoms with Crippen molar-refractivity contribution >= 4 is 0 Å². The number of aromatic nitrogens is 1. The van der Waals surface area contributed by atoms with E-state index < -0.39 is 0 Å². The van der Waals surface area contributed by atoms with Gasteiger partial charge in [-0.25, -0.2) is 4.57 Å². The van der Waals surface area contributed by atoms with Gasteiger partial charge in [0.2, 0.25) is 6.20 Å². The van der Waals surface area contributed by atoms with Gasteiger partial charge in [-0.15, -0.1) is 0 Å². The molecule has 5 fully saturated rings. The maximum absolute atomic E-state index is 6.86. The van der Waals surface area contributed by atoms with Gasteiger partial charge in [-0.1, -0.05) is 6.42 Å². The molecule has 2 saturated heterocycles. The fourth-order valence-corrected chi connectivity index (χ4v) is 9.00. The highest BCUT2D eigenvalue weighted by Gasteiger charge is 2.63. The minimum Gasteiger partial charge on any atom is -0.484 e. The van der Waals surface area contributed by atoms with Crippen LogP contribution < -0.4 is 14.6 Å². The Kier molecular flexibility index (Phi) is 3.89. The molecule has 1 N–H and O–H groups in total. The van der Waals surface area contributed by atoms with E-state index in [1.54, 1.807) is 0 Å². The molecule has 3 aliphatic heterocycles. The Bertz CT molecular complexity index is 812. The molecule has 10 atom stereocenters. The number of piperidine rings is 1. The van der Waals surface area contributed by atoms with Gasteiger partial charge < -0.3 is 14.8 Å². The number of rotatable bonds is 0. The molecule has 4 heteroatoms. The van der Waals surface area contributed by atoms with E-state index in [2.05, 4.69) is 35.4 Å². The minimum absolute atomic E-state index is 0.429. The van der Waals surface area contributed by atoms with Crippen molar-refractivity contribution in [2.45, 2.75) is 69.2 Å². The second-order valence-electron chi connectivity index (χ2n) is 10.9. The second-order valence-corrected chi connectivity index (χ2v) is 10.9. The Balaban J connectivity index is 1.41. The molecule has 6 aliphatic rings. The van der Waals surface area contributed by atoms with E-state index >= 15 is 0 Å². The maximum atomic E-state index is 6.86. The number of pyridine rings is 1. The molecular weight excluding hydrogens is 360 g/mol. The first kappa shape index (κ1) is 17.5. The minimum atomic E-state index is 0.429. The fourth-order valence-electron chi connectivity index (χ4n) is 9.00. The normalized spacial score (nSPS) is 49.7. The Morgan fingerprint density at radius 1 is 0.897 bits per heavy atom. The summed E-state index contributed by atoms with van der Waals surface area (Å²) in [4.78, 5) is 0. The van der Waals surface area contributed by atoms with Crippen LogP contribution in [0.4, 0.5) is 0 Å². The zero-order valence-corrected chi connectivity index (χ0v) is 17.6. The summed E-state index contributed by atoms with van der Waals surface area (Å²) >= 11 is 0. The summed E-state index contributed by atoms with van der Waals surface area (Å²) in [6.07, 6.45) is 15.3. The molecule has 3 aliphatic carbocycles. The Hall–Kier alpha value is -1.13. The van der Waals surface area contributed by atoms with Crippen LogP contribution in [0.2, 0.25) is 0 Å². The lowest BCUT2D eigenvalue weighted by Gasteiger charge is -2.65. The molecule has 4 nitrogen and oxygen atoms in total. The third kappa shape index (κ3) is 2.42. The lowest BCUT2D eigenvalue weighted by Crippen LogP contribution is -2.65. The van der Waals surface area contributed by atoms with E-state index in [0.717, 1.165) is 42.1 Å². The zero-order valence-electron chi connectivity index (χ0n) is 17.6. The number of hydrogen-bond acceptors (Lipinski definition) is 3. The second kappa shape index (κ2) is 6.43. The van der Waals surface area contributed by atoms with Crippen LogP contribution in [0.3, 0.4) is 0 Å². The first-order valence-corrected chi connectivity index (χ1v) is 12.3. The van der Waals surface area contributed by atoms with E-state index in [9.17, 15) is 0 Å². The molecule has 29 heavy (non-hydrogen) atoms. The number of fused-ring (bicyclic) bond motifs is 6. The summed E-state index contributed by atoms with van der Waals surface area (Å²) in [5, 5.41) is 3.64. The number of nitrogens with zero attached hydrogens (tertiary/aromatic N) is 1. The van der Waals surface area contributed by atoms with Crippen LogP contribution in [-0.4, -0.2) is 31.4 Å². The molecule has 4 heterocycles. The van der Waals surface area contributed by atoms with Crippen molar-refractivity contribution in [3.05, 3.63) is 24.0 Å². The average Bonchev–Trinajstić information content (AvgIpc) is 2.75. The number of hydrogen-bond donors (Lipinski definition) is 1. The van der Waals surface area contributed by atoms with Crippen LogP contribution in [0, 0.1) is 35.5 Å². The molecule has 0 radical (unpaired) electrons. The van der Waals surface area contributed by atoms with Gasteiger partial charge in [-0.2, -0.15) is 0 Å². The smallest absolute Gasteiger partial charge is 0.211 e. The number of ether oxygens (including phenoxy) is 2. The molecule has 1 aromatic heterocycles. The fraction of sp³-hybridized carbons (Fsp3) is 0.800. The maximum Gasteiger partial charge on any atom is 0.211 e. The van der Waals surface area contributed by atoms with E-state index in [1.807, 2.05) is 0 Å². The van der Waals surface area contributed by atoms with Gasteiger partial charge in [-0.3, -0.25) is 0 Å². The molecule has 7 rings (SSSR count). The van der Waals surface area contributed by atoms with Crippen molar-refractivity contribution in [2.24, 2.45) is 42.6 Å². The van der Waals surface area contributed by atoms with Crippen molar-refractivity contribution in [2.75, 3.05) is 13.1 Å². The van der Waals surface area contributed by atoms with Crippen LogP contribution in [0.5, 0.6) is 5.75 Å². The van der Waals surface area contributed by atoms with Gasteiger partial charge >= 0.3 is 0 Å². The van der Waals surface area contributed by atoms with Crippen molar-refractivity contribution < 1.29 is 14.0 Å². The standard InChI is InChI=1S/C25H35N2O2/c1-27-11-9-17-21(13-27)29-19-7-3-5-15-14-4-2-6-18-22(14)24(25(17)23(15)19)16-8-10-26-12-20(16)28-18/h9,11,13-16,18-20,22-26H,2-8,10,12H2,1H3/q+1. The van der Waals surface area contributed by atoms with Crippen LogP contribution in [0.15, 0.2) is 18.5 Å². The topological polar surface area (TPSA) is 34.4 Å². The van der Waals surface area contributed by atoms with Gasteiger partial charge in [0.15, 0.2) is 11.9 Å². The average molecular weight is 396 g/mol. The predicted octanol–water partition coefficient (Wildman–Crippen LogP) is 3.20. The lowest BCUT2D eigenvalue weighted by atomic mass is 9.44. The molecule has 156 valence electrons. The van der Waals surface area contributed by atoms with Gasteiger partial charge in [-0.05, 0) is 80.6 Å². The summed E-state index contributed by atoms with van der Waals surface area (Å²) in [5.74, 6) is 6.65. The van der Waals surface area contributed by atoms with E-state index in [1.165, 1.54) is 62.8 Å². The molecule has 0 aromatic carbocycles. The molecule has 0 bridgehead atoms. The van der Waals surface area contributed by atoms with Crippen molar-refractivity contribution in [3.8, 4) is 5.75 Å². The van der Waals surface area contributed by atoms with Crippen molar-refractivity contribution in [1.29, 1.82) is 0 Å². The molecule has 3 saturated carbocycles. The van der Waals surface area contributed by atoms with Gasteiger partial charge in [0.05, 0.1) is 12.2 Å². The SMILES string of the molecule is C[n+]1ccc2c(c1)OC1CCCC3C4CCCC5OC6CNCCC6C(C2C13)C54. The van der Waals surface area contributed by atoms with Crippen molar-refractivity contribution in [1.82, 2.24) is 5.32 Å². The number of nitrogens with one attached hydrogen (secondary N) is 1. The lowest BCUT2D eigenvalue weighted by molar-refractivity contribution is -0.672. The highest BCUT2D eigenvalue weighted by Crippen LogP contribution is 2.66. The first-order chi connectivity index (χ1) is 14.3. The van der Waals surface area contributed by atoms with E-state index in [4.69, 9.17) is 9.47 Å². The zero-order chi connectivity index (χ0) is 19.1. The van der Waals surface area contributed by atoms with Crippen LogP contribution in [0.25, 0.3) is 0 Å². The summed E-state index contributed by atoms with van der Waals surface area (Å²) in [7, 11) is 2.13. The molecule has 1 aromatic rings.